The highest BCUT2D eigenvalue weighted by Crippen LogP contribution is 2.14. The molecule has 0 aromatic carbocycles. The molecule has 3 N–H and O–H groups in total. The molecule has 1 aromatic heterocycles. The molecular formula is C10H13N3O3S. The molecule has 1 aromatic rings. The van der Waals surface area contributed by atoms with Crippen molar-refractivity contribution in [2.45, 2.75) is 11.3 Å². The number of aromatic nitrogens is 1. The van der Waals surface area contributed by atoms with Crippen LogP contribution in [0.25, 0.3) is 0 Å². The number of carboxylic acids is 1. The molecule has 0 saturated carbocycles. The number of carbonyl (C=O) groups excluding carboxylic acids is 1. The summed E-state index contributed by atoms with van der Waals surface area (Å²) in [6.07, 6.45) is 3.48. The van der Waals surface area contributed by atoms with Gasteiger partial charge < -0.3 is 10.4 Å². The molecular weight excluding hydrogens is 242 g/mol. The van der Waals surface area contributed by atoms with Crippen molar-refractivity contribution in [1.82, 2.24) is 10.3 Å². The number of carboxylic acid groups (broad SMARTS) is 1. The van der Waals surface area contributed by atoms with Gasteiger partial charge in [0, 0.05) is 17.6 Å². The molecule has 0 radical (unpaired) electrons. The summed E-state index contributed by atoms with van der Waals surface area (Å²) in [7, 11) is 0. The average molecular weight is 255 g/mol. The van der Waals surface area contributed by atoms with Gasteiger partial charge in [0.15, 0.2) is 0 Å². The molecule has 1 heterocycles. The van der Waals surface area contributed by atoms with Crippen LogP contribution in [0.4, 0.5) is 10.6 Å². The van der Waals surface area contributed by atoms with Crippen LogP contribution in [0.15, 0.2) is 23.2 Å². The lowest BCUT2D eigenvalue weighted by molar-refractivity contribution is -0.136. The second-order valence-electron chi connectivity index (χ2n) is 3.11. The maximum atomic E-state index is 11.3. The summed E-state index contributed by atoms with van der Waals surface area (Å²) in [6, 6.07) is 3.06. The van der Waals surface area contributed by atoms with Crippen molar-refractivity contribution in [1.29, 1.82) is 0 Å². The number of rotatable bonds is 5. The van der Waals surface area contributed by atoms with E-state index >= 15 is 0 Å². The molecule has 7 heteroatoms. The first-order chi connectivity index (χ1) is 8.11. The first kappa shape index (κ1) is 13.3. The normalized spacial score (nSPS) is 9.71. The van der Waals surface area contributed by atoms with E-state index in [1.165, 1.54) is 0 Å². The van der Waals surface area contributed by atoms with E-state index in [9.17, 15) is 9.59 Å². The molecule has 0 bridgehead atoms. The number of nitrogens with zero attached hydrogens (tertiary/aromatic N) is 1. The van der Waals surface area contributed by atoms with Crippen molar-refractivity contribution in [2.75, 3.05) is 18.1 Å². The lowest BCUT2D eigenvalue weighted by Gasteiger charge is -2.05. The molecule has 17 heavy (non-hydrogen) atoms. The van der Waals surface area contributed by atoms with Crippen LogP contribution >= 0.6 is 11.8 Å². The third kappa shape index (κ3) is 5.21. The number of hydrogen-bond donors (Lipinski definition) is 3. The Morgan fingerprint density at radius 3 is 2.76 bits per heavy atom. The van der Waals surface area contributed by atoms with Gasteiger partial charge in [-0.2, -0.15) is 0 Å². The fourth-order valence-electron chi connectivity index (χ4n) is 1.02. The minimum Gasteiger partial charge on any atom is -0.481 e. The molecule has 0 aliphatic carbocycles. The van der Waals surface area contributed by atoms with Crippen LogP contribution in [-0.4, -0.2) is 34.9 Å². The summed E-state index contributed by atoms with van der Waals surface area (Å²) < 4.78 is 0. The Kier molecular flexibility index (Phi) is 5.28. The lowest BCUT2D eigenvalue weighted by Crippen LogP contribution is -2.30. The van der Waals surface area contributed by atoms with Gasteiger partial charge in [-0.15, -0.1) is 11.8 Å². The molecule has 0 unspecified atom stereocenters. The third-order valence-corrected chi connectivity index (χ3v) is 2.55. The first-order valence-corrected chi connectivity index (χ1v) is 6.11. The fourth-order valence-corrected chi connectivity index (χ4v) is 1.38. The second-order valence-corrected chi connectivity index (χ2v) is 3.99. The zero-order valence-electron chi connectivity index (χ0n) is 9.27. The highest BCUT2D eigenvalue weighted by Gasteiger charge is 2.03. The number of aliphatic carboxylic acids is 1. The Hall–Kier alpha value is -1.76. The third-order valence-electron chi connectivity index (χ3n) is 1.84. The van der Waals surface area contributed by atoms with Gasteiger partial charge >= 0.3 is 12.0 Å². The Morgan fingerprint density at radius 2 is 2.24 bits per heavy atom. The van der Waals surface area contributed by atoms with Gasteiger partial charge in [-0.05, 0) is 18.4 Å². The van der Waals surface area contributed by atoms with E-state index in [0.29, 0.717) is 5.82 Å². The Morgan fingerprint density at radius 1 is 1.47 bits per heavy atom. The molecule has 0 fully saturated rings. The SMILES string of the molecule is CSc1ccc(NC(=O)NCCC(=O)O)nc1. The number of carbonyl (C=O) groups is 2. The molecule has 0 aliphatic rings. The fraction of sp³-hybridized carbons (Fsp3) is 0.300. The van der Waals surface area contributed by atoms with Crippen LogP contribution < -0.4 is 10.6 Å². The van der Waals surface area contributed by atoms with Gasteiger partial charge in [-0.3, -0.25) is 10.1 Å². The summed E-state index contributed by atoms with van der Waals surface area (Å²) in [5, 5.41) is 13.3. The van der Waals surface area contributed by atoms with E-state index in [-0.39, 0.29) is 13.0 Å². The van der Waals surface area contributed by atoms with E-state index in [1.807, 2.05) is 12.3 Å². The first-order valence-electron chi connectivity index (χ1n) is 4.88. The lowest BCUT2D eigenvalue weighted by atomic mass is 10.4. The standard InChI is InChI=1S/C10H13N3O3S/c1-17-7-2-3-8(12-6-7)13-10(16)11-5-4-9(14)15/h2-3,6H,4-5H2,1H3,(H,14,15)(H2,11,12,13,16). The Balaban J connectivity index is 2.37. The number of amides is 2. The van der Waals surface area contributed by atoms with Crippen LogP contribution in [0.2, 0.25) is 0 Å². The highest BCUT2D eigenvalue weighted by molar-refractivity contribution is 7.98. The van der Waals surface area contributed by atoms with Crippen molar-refractivity contribution in [3.63, 3.8) is 0 Å². The number of nitrogens with one attached hydrogen (secondary N) is 2. The zero-order chi connectivity index (χ0) is 12.7. The molecule has 0 atom stereocenters. The average Bonchev–Trinajstić information content (AvgIpc) is 2.29. The Bertz CT molecular complexity index is 394. The number of thioether (sulfide) groups is 1. The molecule has 0 saturated heterocycles. The smallest absolute Gasteiger partial charge is 0.320 e. The Labute approximate surface area is 103 Å². The molecule has 2 amide bonds. The van der Waals surface area contributed by atoms with Crippen LogP contribution in [0.3, 0.4) is 0 Å². The monoisotopic (exact) mass is 255 g/mol. The van der Waals surface area contributed by atoms with E-state index in [1.54, 1.807) is 24.0 Å². The summed E-state index contributed by atoms with van der Waals surface area (Å²) in [5.74, 6) is -0.525. The van der Waals surface area contributed by atoms with Gasteiger partial charge in [0.25, 0.3) is 0 Å². The number of hydrogen-bond acceptors (Lipinski definition) is 4. The van der Waals surface area contributed by atoms with Crippen molar-refractivity contribution in [3.8, 4) is 0 Å². The zero-order valence-corrected chi connectivity index (χ0v) is 10.1. The van der Waals surface area contributed by atoms with Crippen LogP contribution in [0.1, 0.15) is 6.42 Å². The predicted octanol–water partition coefficient (Wildman–Crippen LogP) is 1.40. The van der Waals surface area contributed by atoms with Crippen molar-refractivity contribution < 1.29 is 14.7 Å². The maximum Gasteiger partial charge on any atom is 0.320 e. The van der Waals surface area contributed by atoms with E-state index < -0.39 is 12.0 Å². The van der Waals surface area contributed by atoms with Crippen LogP contribution in [0, 0.1) is 0 Å². The molecule has 0 aliphatic heterocycles. The molecule has 1 rings (SSSR count). The van der Waals surface area contributed by atoms with Crippen molar-refractivity contribution in [2.24, 2.45) is 0 Å². The summed E-state index contributed by atoms with van der Waals surface area (Å²) in [6.45, 7) is 0.0874. The molecule has 6 nitrogen and oxygen atoms in total. The second kappa shape index (κ2) is 6.74. The van der Waals surface area contributed by atoms with Gasteiger partial charge in [-0.25, -0.2) is 9.78 Å². The van der Waals surface area contributed by atoms with Crippen molar-refractivity contribution in [3.05, 3.63) is 18.3 Å². The van der Waals surface area contributed by atoms with Gasteiger partial charge in [0.05, 0.1) is 6.42 Å². The molecule has 92 valence electrons. The number of urea groups is 1. The topological polar surface area (TPSA) is 91.3 Å². The minimum atomic E-state index is -0.951. The van der Waals surface area contributed by atoms with E-state index in [4.69, 9.17) is 5.11 Å². The number of anilines is 1. The van der Waals surface area contributed by atoms with Crippen LogP contribution in [-0.2, 0) is 4.79 Å². The van der Waals surface area contributed by atoms with E-state index in [0.717, 1.165) is 4.90 Å². The quantitative estimate of drug-likeness (QED) is 0.692. The number of pyridine rings is 1. The van der Waals surface area contributed by atoms with Gasteiger partial charge in [-0.1, -0.05) is 0 Å². The summed E-state index contributed by atoms with van der Waals surface area (Å²) in [5.41, 5.74) is 0. The summed E-state index contributed by atoms with van der Waals surface area (Å²) >= 11 is 1.56. The van der Waals surface area contributed by atoms with Gasteiger partial charge in [0.1, 0.15) is 5.82 Å². The van der Waals surface area contributed by atoms with E-state index in [2.05, 4.69) is 15.6 Å². The van der Waals surface area contributed by atoms with Crippen molar-refractivity contribution >= 4 is 29.6 Å². The largest absolute Gasteiger partial charge is 0.481 e. The minimum absolute atomic E-state index is 0.0874. The predicted molar refractivity (Wildman–Crippen MR) is 65.3 cm³/mol. The highest BCUT2D eigenvalue weighted by atomic mass is 32.2. The maximum absolute atomic E-state index is 11.3. The van der Waals surface area contributed by atoms with Crippen LogP contribution in [0.5, 0.6) is 0 Å². The summed E-state index contributed by atoms with van der Waals surface area (Å²) in [4.78, 5) is 26.5. The van der Waals surface area contributed by atoms with Gasteiger partial charge in [0.2, 0.25) is 0 Å². The molecule has 0 spiro atoms.